The van der Waals surface area contributed by atoms with Gasteiger partial charge in [-0.2, -0.15) is 14.5 Å². The van der Waals surface area contributed by atoms with Crippen molar-refractivity contribution in [3.63, 3.8) is 0 Å². The van der Waals surface area contributed by atoms with E-state index in [0.717, 1.165) is 17.7 Å². The van der Waals surface area contributed by atoms with Crippen LogP contribution in [0, 0.1) is 18.7 Å². The summed E-state index contributed by atoms with van der Waals surface area (Å²) in [7, 11) is 0. The second kappa shape index (κ2) is 8.41. The number of H-pyrrole nitrogens is 1. The Kier molecular flexibility index (Phi) is 5.24. The number of pyridine rings is 2. The number of nitrogens with two attached hydrogens (primary N) is 1. The van der Waals surface area contributed by atoms with Gasteiger partial charge in [-0.05, 0) is 42.8 Å². The topological polar surface area (TPSA) is 156 Å². The van der Waals surface area contributed by atoms with Crippen LogP contribution in [-0.4, -0.2) is 41.1 Å². The van der Waals surface area contributed by atoms with Crippen LogP contribution in [0.3, 0.4) is 0 Å². The summed E-state index contributed by atoms with van der Waals surface area (Å²) in [6, 6.07) is 8.54. The zero-order valence-corrected chi connectivity index (χ0v) is 18.0. The molecule has 0 aliphatic heterocycles. The predicted octanol–water partition coefficient (Wildman–Crippen LogP) is 3.61. The van der Waals surface area contributed by atoms with Gasteiger partial charge < -0.3 is 16.2 Å². The number of carbonyl (C=O) groups is 1. The van der Waals surface area contributed by atoms with E-state index in [0.29, 0.717) is 16.5 Å². The lowest BCUT2D eigenvalue weighted by Crippen LogP contribution is -2.15. The summed E-state index contributed by atoms with van der Waals surface area (Å²) in [6.45, 7) is 1.81. The molecule has 5 N–H and O–H groups in total. The lowest BCUT2D eigenvalue weighted by atomic mass is 9.99. The number of rotatable bonds is 5. The maximum atomic E-state index is 14.2. The van der Waals surface area contributed by atoms with E-state index in [1.165, 1.54) is 6.20 Å². The summed E-state index contributed by atoms with van der Waals surface area (Å²) in [5.74, 6) is -3.61. The number of amides is 1. The van der Waals surface area contributed by atoms with Crippen molar-refractivity contribution in [3.05, 3.63) is 71.8 Å². The summed E-state index contributed by atoms with van der Waals surface area (Å²) in [4.78, 5) is 28.5. The van der Waals surface area contributed by atoms with Gasteiger partial charge in [0.05, 0.1) is 17.3 Å². The Bertz CT molecular complexity index is 1620. The molecule has 0 aliphatic carbocycles. The third-order valence-corrected chi connectivity index (χ3v) is 5.28. The number of aromatic hydroxyl groups is 1. The van der Waals surface area contributed by atoms with Crippen LogP contribution in [0.5, 0.6) is 5.75 Å². The van der Waals surface area contributed by atoms with E-state index < -0.39 is 34.9 Å². The van der Waals surface area contributed by atoms with E-state index in [9.17, 15) is 18.7 Å². The maximum absolute atomic E-state index is 14.2. The van der Waals surface area contributed by atoms with Gasteiger partial charge in [0.1, 0.15) is 11.5 Å². The third kappa shape index (κ3) is 3.86. The van der Waals surface area contributed by atoms with E-state index >= 15 is 0 Å². The Balaban J connectivity index is 1.74. The van der Waals surface area contributed by atoms with Crippen LogP contribution in [0.2, 0.25) is 0 Å². The summed E-state index contributed by atoms with van der Waals surface area (Å²) in [6.07, 6.45) is 2.98. The molecule has 4 aromatic heterocycles. The molecular formula is C23H16F2N8O2. The minimum Gasteiger partial charge on any atom is -0.504 e. The molecule has 0 aliphatic rings. The van der Waals surface area contributed by atoms with Crippen LogP contribution in [0.25, 0.3) is 33.5 Å². The lowest BCUT2D eigenvalue weighted by Gasteiger charge is -2.14. The first kappa shape index (κ1) is 21.8. The number of benzene rings is 1. The number of nitrogens with one attached hydrogen (secondary N) is 2. The van der Waals surface area contributed by atoms with Crippen molar-refractivity contribution in [2.45, 2.75) is 6.92 Å². The molecule has 1 aromatic carbocycles. The number of hydrogen-bond acceptors (Lipinski definition) is 8. The first-order valence-corrected chi connectivity index (χ1v) is 10.2. The van der Waals surface area contributed by atoms with Crippen molar-refractivity contribution in [1.29, 1.82) is 0 Å². The average molecular weight is 474 g/mol. The Morgan fingerprint density at radius 2 is 1.91 bits per heavy atom. The van der Waals surface area contributed by atoms with Crippen molar-refractivity contribution in [2.75, 3.05) is 5.32 Å². The molecule has 174 valence electrons. The van der Waals surface area contributed by atoms with E-state index in [1.807, 2.05) is 13.0 Å². The van der Waals surface area contributed by atoms with E-state index in [1.54, 1.807) is 24.4 Å². The number of fused-ring (bicyclic) bond motifs is 1. The van der Waals surface area contributed by atoms with Crippen molar-refractivity contribution in [1.82, 2.24) is 30.1 Å². The van der Waals surface area contributed by atoms with Crippen LogP contribution in [0.1, 0.15) is 16.1 Å². The van der Waals surface area contributed by atoms with Gasteiger partial charge in [0.2, 0.25) is 5.95 Å². The second-order valence-corrected chi connectivity index (χ2v) is 7.53. The number of aromatic amines is 1. The van der Waals surface area contributed by atoms with Crippen molar-refractivity contribution in [2.24, 2.45) is 5.73 Å². The molecular weight excluding hydrogens is 458 g/mol. The van der Waals surface area contributed by atoms with Gasteiger partial charge in [-0.15, -0.1) is 0 Å². The SMILES string of the molecule is Cc1ccc2[nH]ncc2c1-c1nc(-c2cccnc2Nc2nc(F)ccc2F)nc(C(N)=O)c1O. The first-order chi connectivity index (χ1) is 16.8. The first-order valence-electron chi connectivity index (χ1n) is 10.2. The molecule has 0 radical (unpaired) electrons. The molecule has 10 nitrogen and oxygen atoms in total. The molecule has 5 rings (SSSR count). The van der Waals surface area contributed by atoms with Gasteiger partial charge in [-0.1, -0.05) is 6.07 Å². The minimum absolute atomic E-state index is 0.0369. The maximum Gasteiger partial charge on any atom is 0.271 e. The molecule has 0 fully saturated rings. The van der Waals surface area contributed by atoms with Crippen LogP contribution >= 0.6 is 0 Å². The molecule has 0 atom stereocenters. The highest BCUT2D eigenvalue weighted by Gasteiger charge is 2.24. The van der Waals surface area contributed by atoms with Gasteiger partial charge in [-0.3, -0.25) is 9.89 Å². The van der Waals surface area contributed by atoms with Crippen LogP contribution in [-0.2, 0) is 0 Å². The number of hydrogen-bond donors (Lipinski definition) is 4. The molecule has 0 saturated heterocycles. The Hall–Kier alpha value is -5.00. The van der Waals surface area contributed by atoms with Crippen LogP contribution in [0.15, 0.2) is 48.8 Å². The number of halogens is 2. The normalized spacial score (nSPS) is 11.1. The van der Waals surface area contributed by atoms with Gasteiger partial charge >= 0.3 is 0 Å². The van der Waals surface area contributed by atoms with Crippen LogP contribution in [0.4, 0.5) is 20.4 Å². The quantitative estimate of drug-likeness (QED) is 0.282. The number of carbonyl (C=O) groups excluding carboxylic acids is 1. The third-order valence-electron chi connectivity index (χ3n) is 5.28. The largest absolute Gasteiger partial charge is 0.504 e. The van der Waals surface area contributed by atoms with Crippen molar-refractivity contribution < 1.29 is 18.7 Å². The second-order valence-electron chi connectivity index (χ2n) is 7.53. The number of anilines is 2. The number of aryl methyl sites for hydroxylation is 1. The molecule has 0 unspecified atom stereocenters. The molecule has 1 amide bonds. The van der Waals surface area contributed by atoms with E-state index in [-0.39, 0.29) is 22.9 Å². The number of aromatic nitrogens is 6. The standard InChI is InChI=1S/C23H16F2N8O2/c1-10-4-6-14-12(9-28-33-14)16(10)17-19(34)18(20(26)35)31-22(30-17)11-3-2-8-27-21(11)32-23-13(24)5-7-15(25)29-23/h2-9,34H,1H3,(H2,26,35)(H,28,33)(H,27,29,32). The summed E-state index contributed by atoms with van der Waals surface area (Å²) in [5, 5.41) is 21.1. The molecule has 35 heavy (non-hydrogen) atoms. The summed E-state index contributed by atoms with van der Waals surface area (Å²) in [5.41, 5.74) is 7.27. The number of nitrogens with zero attached hydrogens (tertiary/aromatic N) is 5. The molecule has 5 aromatic rings. The van der Waals surface area contributed by atoms with Crippen LogP contribution < -0.4 is 11.1 Å². The fourth-order valence-corrected chi connectivity index (χ4v) is 3.67. The monoisotopic (exact) mass is 474 g/mol. The fourth-order valence-electron chi connectivity index (χ4n) is 3.67. The van der Waals surface area contributed by atoms with Gasteiger partial charge in [-0.25, -0.2) is 19.3 Å². The molecule has 4 heterocycles. The van der Waals surface area contributed by atoms with E-state index in [4.69, 9.17) is 5.73 Å². The van der Waals surface area contributed by atoms with Gasteiger partial charge in [0.15, 0.2) is 28.9 Å². The Morgan fingerprint density at radius 1 is 1.09 bits per heavy atom. The lowest BCUT2D eigenvalue weighted by molar-refractivity contribution is 0.0992. The molecule has 0 spiro atoms. The van der Waals surface area contributed by atoms with Crippen molar-refractivity contribution in [3.8, 4) is 28.4 Å². The smallest absolute Gasteiger partial charge is 0.271 e. The fraction of sp³-hybridized carbons (Fsp3) is 0.0435. The van der Waals surface area contributed by atoms with Gasteiger partial charge in [0, 0.05) is 17.1 Å². The van der Waals surface area contributed by atoms with Gasteiger partial charge in [0.25, 0.3) is 5.91 Å². The zero-order valence-electron chi connectivity index (χ0n) is 18.0. The number of primary amides is 1. The predicted molar refractivity (Wildman–Crippen MR) is 123 cm³/mol. The molecule has 0 saturated carbocycles. The average Bonchev–Trinajstić information content (AvgIpc) is 3.31. The highest BCUT2D eigenvalue weighted by atomic mass is 19.1. The molecule has 0 bridgehead atoms. The summed E-state index contributed by atoms with van der Waals surface area (Å²) >= 11 is 0. The minimum atomic E-state index is -0.985. The summed E-state index contributed by atoms with van der Waals surface area (Å²) < 4.78 is 27.8. The Morgan fingerprint density at radius 3 is 2.71 bits per heavy atom. The highest BCUT2D eigenvalue weighted by Crippen LogP contribution is 2.38. The van der Waals surface area contributed by atoms with E-state index in [2.05, 4.69) is 35.5 Å². The molecule has 12 heteroatoms. The van der Waals surface area contributed by atoms with Crippen molar-refractivity contribution >= 4 is 28.4 Å². The highest BCUT2D eigenvalue weighted by molar-refractivity contribution is 6.01. The zero-order chi connectivity index (χ0) is 24.7. The Labute approximate surface area is 195 Å².